The Kier molecular flexibility index (Phi) is 4.73. The van der Waals surface area contributed by atoms with E-state index in [-0.39, 0.29) is 0 Å². The summed E-state index contributed by atoms with van der Waals surface area (Å²) < 4.78 is 0. The van der Waals surface area contributed by atoms with Crippen molar-refractivity contribution in [3.63, 3.8) is 0 Å². The highest BCUT2D eigenvalue weighted by atomic mass is 16.1. The maximum absolute atomic E-state index is 11.7. The third-order valence-electron chi connectivity index (χ3n) is 3.32. The first kappa shape index (κ1) is 11.3. The van der Waals surface area contributed by atoms with Crippen LogP contribution in [0, 0.1) is 24.2 Å². The molecule has 0 saturated heterocycles. The lowest BCUT2D eigenvalue weighted by Gasteiger charge is -2.08. The highest BCUT2D eigenvalue weighted by Crippen LogP contribution is 2.34. The van der Waals surface area contributed by atoms with Crippen LogP contribution in [0.4, 0.5) is 0 Å². The Bertz CT molecular complexity index is 224. The van der Waals surface area contributed by atoms with Gasteiger partial charge in [-0.15, -0.1) is 12.3 Å². The van der Waals surface area contributed by atoms with Crippen molar-refractivity contribution in [1.29, 1.82) is 0 Å². The summed E-state index contributed by atoms with van der Waals surface area (Å²) in [5.74, 6) is 4.20. The third-order valence-corrected chi connectivity index (χ3v) is 3.32. The van der Waals surface area contributed by atoms with Crippen molar-refractivity contribution in [2.24, 2.45) is 11.8 Å². The van der Waals surface area contributed by atoms with E-state index in [9.17, 15) is 4.79 Å². The number of ketones is 1. The van der Waals surface area contributed by atoms with Crippen molar-refractivity contribution in [2.75, 3.05) is 0 Å². The second-order valence-corrected chi connectivity index (χ2v) is 4.31. The van der Waals surface area contributed by atoms with E-state index in [4.69, 9.17) is 6.42 Å². The van der Waals surface area contributed by atoms with Gasteiger partial charge in [0.05, 0.1) is 0 Å². The van der Waals surface area contributed by atoms with Gasteiger partial charge in [-0.25, -0.2) is 0 Å². The second-order valence-electron chi connectivity index (χ2n) is 4.31. The summed E-state index contributed by atoms with van der Waals surface area (Å²) in [6.45, 7) is 2.22. The van der Waals surface area contributed by atoms with Gasteiger partial charge in [-0.05, 0) is 31.6 Å². The van der Waals surface area contributed by atoms with Gasteiger partial charge in [-0.1, -0.05) is 13.3 Å². The molecule has 78 valence electrons. The van der Waals surface area contributed by atoms with E-state index in [2.05, 4.69) is 12.8 Å². The van der Waals surface area contributed by atoms with Crippen molar-refractivity contribution in [1.82, 2.24) is 0 Å². The van der Waals surface area contributed by atoms with Crippen LogP contribution in [0.2, 0.25) is 0 Å². The summed E-state index contributed by atoms with van der Waals surface area (Å²) in [6.07, 6.45) is 12.2. The van der Waals surface area contributed by atoms with E-state index >= 15 is 0 Å². The van der Waals surface area contributed by atoms with Crippen LogP contribution in [0.3, 0.4) is 0 Å². The number of hydrogen-bond donors (Lipinski definition) is 0. The quantitative estimate of drug-likeness (QED) is 0.483. The lowest BCUT2D eigenvalue weighted by Crippen LogP contribution is -2.10. The smallest absolute Gasteiger partial charge is 0.136 e. The number of Topliss-reactive ketones (excluding diaryl/α,β-unsaturated/α-hetero) is 1. The molecule has 0 spiro atoms. The fraction of sp³-hybridized carbons (Fsp3) is 0.769. The highest BCUT2D eigenvalue weighted by molar-refractivity contribution is 5.81. The van der Waals surface area contributed by atoms with Crippen LogP contribution in [-0.2, 0) is 4.79 Å². The first-order valence-electron chi connectivity index (χ1n) is 5.74. The predicted molar refractivity (Wildman–Crippen MR) is 58.8 cm³/mol. The standard InChI is InChI=1S/C13H20O/c1-3-5-6-7-13(14)12-9-8-11(4-2)10-12/h1,11-12H,4-10H2,2H3. The van der Waals surface area contributed by atoms with Gasteiger partial charge in [0, 0.05) is 18.8 Å². The molecule has 0 aromatic rings. The first-order valence-corrected chi connectivity index (χ1v) is 5.74. The van der Waals surface area contributed by atoms with Gasteiger partial charge in [0.25, 0.3) is 0 Å². The molecule has 1 nitrogen and oxygen atoms in total. The fourth-order valence-corrected chi connectivity index (χ4v) is 2.31. The first-order chi connectivity index (χ1) is 6.77. The monoisotopic (exact) mass is 192 g/mol. The maximum atomic E-state index is 11.7. The van der Waals surface area contributed by atoms with E-state index in [1.54, 1.807) is 0 Å². The predicted octanol–water partition coefficient (Wildman–Crippen LogP) is 3.19. The maximum Gasteiger partial charge on any atom is 0.136 e. The molecule has 1 heteroatoms. The molecule has 1 aliphatic rings. The largest absolute Gasteiger partial charge is 0.299 e. The third kappa shape index (κ3) is 3.18. The Morgan fingerprint density at radius 1 is 1.50 bits per heavy atom. The van der Waals surface area contributed by atoms with Crippen LogP contribution in [0.15, 0.2) is 0 Å². The summed E-state index contributed by atoms with van der Waals surface area (Å²) in [5, 5.41) is 0. The van der Waals surface area contributed by atoms with Crippen LogP contribution in [0.1, 0.15) is 51.9 Å². The fourth-order valence-electron chi connectivity index (χ4n) is 2.31. The summed E-state index contributed by atoms with van der Waals surface area (Å²) in [4.78, 5) is 11.7. The molecule has 0 heterocycles. The van der Waals surface area contributed by atoms with Crippen molar-refractivity contribution in [2.45, 2.75) is 51.9 Å². The topological polar surface area (TPSA) is 17.1 Å². The minimum absolute atomic E-state index is 0.359. The minimum atomic E-state index is 0.359. The van der Waals surface area contributed by atoms with E-state index in [1.165, 1.54) is 12.8 Å². The SMILES string of the molecule is C#CCCCC(=O)C1CCC(CC)C1. The second kappa shape index (κ2) is 5.86. The Hall–Kier alpha value is -0.770. The number of unbranched alkanes of at least 4 members (excludes halogenated alkanes) is 1. The van der Waals surface area contributed by atoms with Gasteiger partial charge in [0.1, 0.15) is 5.78 Å². The zero-order valence-corrected chi connectivity index (χ0v) is 9.09. The van der Waals surface area contributed by atoms with Gasteiger partial charge >= 0.3 is 0 Å². The van der Waals surface area contributed by atoms with Crippen molar-refractivity contribution >= 4 is 5.78 Å². The number of carbonyl (C=O) groups excluding carboxylic acids is 1. The molecule has 1 aliphatic carbocycles. The minimum Gasteiger partial charge on any atom is -0.299 e. The molecule has 14 heavy (non-hydrogen) atoms. The van der Waals surface area contributed by atoms with E-state index < -0.39 is 0 Å². The Labute approximate surface area is 87.3 Å². The van der Waals surface area contributed by atoms with E-state index in [0.29, 0.717) is 18.1 Å². The van der Waals surface area contributed by atoms with Gasteiger partial charge in [-0.2, -0.15) is 0 Å². The van der Waals surface area contributed by atoms with Crippen molar-refractivity contribution < 1.29 is 4.79 Å². The summed E-state index contributed by atoms with van der Waals surface area (Å²) in [5.41, 5.74) is 0. The molecule has 2 unspecified atom stereocenters. The number of rotatable bonds is 5. The summed E-state index contributed by atoms with van der Waals surface area (Å²) in [7, 11) is 0. The van der Waals surface area contributed by atoms with E-state index in [1.807, 2.05) is 0 Å². The molecule has 1 saturated carbocycles. The molecule has 1 rings (SSSR count). The average Bonchev–Trinajstić information content (AvgIpc) is 2.66. The van der Waals surface area contributed by atoms with Crippen LogP contribution in [-0.4, -0.2) is 5.78 Å². The lowest BCUT2D eigenvalue weighted by molar-refractivity contribution is -0.122. The number of hydrogen-bond acceptors (Lipinski definition) is 1. The van der Waals surface area contributed by atoms with Crippen molar-refractivity contribution in [3.8, 4) is 12.3 Å². The molecule has 0 aliphatic heterocycles. The Balaban J connectivity index is 2.22. The molecule has 0 radical (unpaired) electrons. The molecular formula is C13H20O. The van der Waals surface area contributed by atoms with E-state index in [0.717, 1.165) is 31.6 Å². The molecule has 0 aromatic carbocycles. The summed E-state index contributed by atoms with van der Waals surface area (Å²) in [6, 6.07) is 0. The normalized spacial score (nSPS) is 26.0. The average molecular weight is 192 g/mol. The molecule has 2 atom stereocenters. The Morgan fingerprint density at radius 2 is 2.29 bits per heavy atom. The van der Waals surface area contributed by atoms with Crippen LogP contribution in [0.25, 0.3) is 0 Å². The van der Waals surface area contributed by atoms with Gasteiger partial charge in [-0.3, -0.25) is 4.79 Å². The zero-order valence-electron chi connectivity index (χ0n) is 9.09. The zero-order chi connectivity index (χ0) is 10.4. The van der Waals surface area contributed by atoms with Crippen LogP contribution < -0.4 is 0 Å². The molecule has 1 fully saturated rings. The number of carbonyl (C=O) groups is 1. The summed E-state index contributed by atoms with van der Waals surface area (Å²) >= 11 is 0. The molecular weight excluding hydrogens is 172 g/mol. The van der Waals surface area contributed by atoms with Gasteiger partial charge in [0.15, 0.2) is 0 Å². The van der Waals surface area contributed by atoms with Gasteiger partial charge in [0.2, 0.25) is 0 Å². The van der Waals surface area contributed by atoms with Gasteiger partial charge < -0.3 is 0 Å². The lowest BCUT2D eigenvalue weighted by atomic mass is 9.96. The highest BCUT2D eigenvalue weighted by Gasteiger charge is 2.27. The van der Waals surface area contributed by atoms with Crippen LogP contribution in [0.5, 0.6) is 0 Å². The van der Waals surface area contributed by atoms with Crippen molar-refractivity contribution in [3.05, 3.63) is 0 Å². The molecule has 0 N–H and O–H groups in total. The Morgan fingerprint density at radius 3 is 2.86 bits per heavy atom. The van der Waals surface area contributed by atoms with Crippen LogP contribution >= 0.6 is 0 Å². The molecule has 0 aromatic heterocycles. The molecule has 0 amide bonds. The molecule has 0 bridgehead atoms. The number of terminal acetylenes is 1.